The van der Waals surface area contributed by atoms with Crippen LogP contribution in [0.1, 0.15) is 28.0 Å². The molecule has 4 aromatic heterocycles. The van der Waals surface area contributed by atoms with Crippen LogP contribution in [0.4, 0.5) is 0 Å². The van der Waals surface area contributed by atoms with Gasteiger partial charge in [-0.05, 0) is 36.6 Å². The second-order valence-electron chi connectivity index (χ2n) is 8.05. The van der Waals surface area contributed by atoms with Gasteiger partial charge in [0, 0.05) is 38.2 Å². The van der Waals surface area contributed by atoms with E-state index in [0.29, 0.717) is 35.5 Å². The van der Waals surface area contributed by atoms with E-state index in [-0.39, 0.29) is 11.5 Å². The minimum Gasteiger partial charge on any atom is -0.351 e. The first-order valence-corrected chi connectivity index (χ1v) is 10.9. The predicted octanol–water partition coefficient (Wildman–Crippen LogP) is 3.02. The Hall–Kier alpha value is -4.20. The summed E-state index contributed by atoms with van der Waals surface area (Å²) >= 11 is 0. The van der Waals surface area contributed by atoms with E-state index in [1.807, 2.05) is 64.7 Å². The lowest BCUT2D eigenvalue weighted by Crippen LogP contribution is -2.27. The maximum atomic E-state index is 13.2. The van der Waals surface area contributed by atoms with Gasteiger partial charge in [0.05, 0.1) is 11.7 Å². The third-order valence-electron chi connectivity index (χ3n) is 5.75. The third kappa shape index (κ3) is 4.03. The van der Waals surface area contributed by atoms with E-state index >= 15 is 0 Å². The molecule has 0 atom stereocenters. The number of benzene rings is 1. The fraction of sp³-hybridized carbons (Fsp3) is 0.200. The minimum absolute atomic E-state index is 0.181. The Morgan fingerprint density at radius 2 is 1.91 bits per heavy atom. The summed E-state index contributed by atoms with van der Waals surface area (Å²) in [4.78, 5) is 35.2. The molecule has 0 saturated heterocycles. The second kappa shape index (κ2) is 8.74. The van der Waals surface area contributed by atoms with Crippen molar-refractivity contribution in [3.05, 3.63) is 101 Å². The van der Waals surface area contributed by atoms with Gasteiger partial charge in [-0.3, -0.25) is 14.0 Å². The lowest BCUT2D eigenvalue weighted by atomic mass is 10.2. The maximum Gasteiger partial charge on any atom is 0.268 e. The molecule has 0 radical (unpaired) electrons. The van der Waals surface area contributed by atoms with E-state index < -0.39 is 0 Å². The zero-order valence-corrected chi connectivity index (χ0v) is 18.3. The molecule has 4 heterocycles. The van der Waals surface area contributed by atoms with Crippen molar-refractivity contribution in [3.8, 4) is 0 Å². The highest BCUT2D eigenvalue weighted by molar-refractivity contribution is 5.98. The topological polar surface area (TPSA) is 86.2 Å². The monoisotopic (exact) mass is 440 g/mol. The van der Waals surface area contributed by atoms with Crippen LogP contribution in [0.2, 0.25) is 0 Å². The van der Waals surface area contributed by atoms with E-state index in [1.54, 1.807) is 24.8 Å². The van der Waals surface area contributed by atoms with Crippen molar-refractivity contribution in [2.24, 2.45) is 0 Å². The largest absolute Gasteiger partial charge is 0.351 e. The molecule has 0 saturated carbocycles. The number of imidazole rings is 1. The first-order valence-electron chi connectivity index (χ1n) is 10.9. The number of amides is 1. The molecule has 33 heavy (non-hydrogen) atoms. The van der Waals surface area contributed by atoms with Crippen LogP contribution in [0.3, 0.4) is 0 Å². The van der Waals surface area contributed by atoms with Crippen molar-refractivity contribution < 1.29 is 4.79 Å². The van der Waals surface area contributed by atoms with Crippen molar-refractivity contribution in [1.29, 1.82) is 0 Å². The molecule has 0 aliphatic heterocycles. The summed E-state index contributed by atoms with van der Waals surface area (Å²) in [5, 5.41) is 3.42. The van der Waals surface area contributed by atoms with Crippen LogP contribution in [0.25, 0.3) is 16.7 Å². The van der Waals surface area contributed by atoms with Crippen LogP contribution >= 0.6 is 0 Å². The van der Waals surface area contributed by atoms with Gasteiger partial charge >= 0.3 is 0 Å². The van der Waals surface area contributed by atoms with Gasteiger partial charge in [0.25, 0.3) is 11.5 Å². The van der Waals surface area contributed by atoms with Gasteiger partial charge < -0.3 is 14.5 Å². The number of carbonyl (C=O) groups excluding carboxylic acids is 1. The fourth-order valence-electron chi connectivity index (χ4n) is 4.05. The maximum absolute atomic E-state index is 13.2. The molecule has 1 N–H and O–H groups in total. The van der Waals surface area contributed by atoms with Crippen LogP contribution in [0.5, 0.6) is 0 Å². The molecule has 0 spiro atoms. The lowest BCUT2D eigenvalue weighted by molar-refractivity contribution is 0.0944. The average Bonchev–Trinajstić information content (AvgIpc) is 3.47. The molecule has 0 bridgehead atoms. The summed E-state index contributed by atoms with van der Waals surface area (Å²) in [6.07, 6.45) is 7.86. The predicted molar refractivity (Wildman–Crippen MR) is 126 cm³/mol. The van der Waals surface area contributed by atoms with Gasteiger partial charge in [-0.25, -0.2) is 9.97 Å². The summed E-state index contributed by atoms with van der Waals surface area (Å²) in [6.45, 7) is 3.64. The standard InChI is InChI=1S/C25H24N6O2/c1-18-7-5-13-30-22(18)28-23-20(25(30)33)15-21(31(23)16-19-8-3-2-4-9-19)24(32)27-10-6-12-29-14-11-26-17-29/h2-5,7-9,11,13-15,17H,6,10,12,16H2,1H3,(H,27,32). The number of hydrogen-bond donors (Lipinski definition) is 1. The smallest absolute Gasteiger partial charge is 0.268 e. The number of pyridine rings is 1. The fourth-order valence-corrected chi connectivity index (χ4v) is 4.05. The van der Waals surface area contributed by atoms with Crippen LogP contribution in [-0.2, 0) is 13.1 Å². The van der Waals surface area contributed by atoms with Gasteiger partial charge in [-0.15, -0.1) is 0 Å². The molecule has 1 amide bonds. The SMILES string of the molecule is Cc1cccn2c(=O)c3cc(C(=O)NCCCn4ccnc4)n(Cc4ccccc4)c3nc12. The zero-order chi connectivity index (χ0) is 22.8. The number of hydrogen-bond acceptors (Lipinski definition) is 4. The van der Waals surface area contributed by atoms with Gasteiger partial charge in [-0.2, -0.15) is 0 Å². The molecule has 1 aromatic carbocycles. The van der Waals surface area contributed by atoms with Crippen molar-refractivity contribution in [2.45, 2.75) is 26.4 Å². The first kappa shape index (κ1) is 20.7. The molecule has 0 fully saturated rings. The Kier molecular flexibility index (Phi) is 5.48. The summed E-state index contributed by atoms with van der Waals surface area (Å²) in [5.74, 6) is -0.222. The van der Waals surface area contributed by atoms with Gasteiger partial charge in [-0.1, -0.05) is 36.4 Å². The van der Waals surface area contributed by atoms with Gasteiger partial charge in [0.15, 0.2) is 0 Å². The number of nitrogens with one attached hydrogen (secondary N) is 1. The van der Waals surface area contributed by atoms with Crippen molar-refractivity contribution in [1.82, 2.24) is 28.8 Å². The second-order valence-corrected chi connectivity index (χ2v) is 8.05. The molecule has 8 nitrogen and oxygen atoms in total. The van der Waals surface area contributed by atoms with E-state index in [2.05, 4.69) is 10.3 Å². The Bertz CT molecular complexity index is 1480. The molecule has 0 aliphatic rings. The highest BCUT2D eigenvalue weighted by atomic mass is 16.2. The molecular weight excluding hydrogens is 416 g/mol. The molecule has 5 aromatic rings. The summed E-state index contributed by atoms with van der Waals surface area (Å²) in [7, 11) is 0. The molecule has 166 valence electrons. The minimum atomic E-state index is -0.222. The quantitative estimate of drug-likeness (QED) is 0.394. The summed E-state index contributed by atoms with van der Waals surface area (Å²) in [6, 6.07) is 15.3. The molecule has 8 heteroatoms. The summed E-state index contributed by atoms with van der Waals surface area (Å²) < 4.78 is 5.35. The van der Waals surface area contributed by atoms with Crippen molar-refractivity contribution in [3.63, 3.8) is 0 Å². The van der Waals surface area contributed by atoms with E-state index in [4.69, 9.17) is 4.98 Å². The van der Waals surface area contributed by atoms with E-state index in [9.17, 15) is 9.59 Å². The van der Waals surface area contributed by atoms with Crippen LogP contribution in [0, 0.1) is 6.92 Å². The van der Waals surface area contributed by atoms with Crippen LogP contribution in [-0.4, -0.2) is 36.0 Å². The Balaban J connectivity index is 1.53. The number of fused-ring (bicyclic) bond motifs is 2. The Labute approximate surface area is 190 Å². The lowest BCUT2D eigenvalue weighted by Gasteiger charge is -2.12. The third-order valence-corrected chi connectivity index (χ3v) is 5.75. The van der Waals surface area contributed by atoms with Crippen molar-refractivity contribution >= 4 is 22.6 Å². The van der Waals surface area contributed by atoms with E-state index in [1.165, 1.54) is 4.40 Å². The number of nitrogens with zero attached hydrogens (tertiary/aromatic N) is 5. The van der Waals surface area contributed by atoms with Gasteiger partial charge in [0.2, 0.25) is 0 Å². The Morgan fingerprint density at radius 3 is 2.70 bits per heavy atom. The number of aryl methyl sites for hydroxylation is 2. The highest BCUT2D eigenvalue weighted by Crippen LogP contribution is 2.19. The number of carbonyl (C=O) groups is 1. The van der Waals surface area contributed by atoms with Crippen LogP contribution in [0.15, 0.2) is 78.2 Å². The molecule has 0 unspecified atom stereocenters. The molecular formula is C25H24N6O2. The first-order chi connectivity index (χ1) is 16.1. The van der Waals surface area contributed by atoms with Crippen LogP contribution < -0.4 is 10.9 Å². The normalized spacial score (nSPS) is 11.3. The number of aromatic nitrogens is 5. The average molecular weight is 441 g/mol. The molecule has 5 rings (SSSR count). The van der Waals surface area contributed by atoms with Crippen molar-refractivity contribution in [2.75, 3.05) is 6.54 Å². The van der Waals surface area contributed by atoms with Gasteiger partial charge in [0.1, 0.15) is 17.0 Å². The zero-order valence-electron chi connectivity index (χ0n) is 18.3. The highest BCUT2D eigenvalue weighted by Gasteiger charge is 2.20. The van der Waals surface area contributed by atoms with E-state index in [0.717, 1.165) is 24.1 Å². The number of rotatable bonds is 7. The summed E-state index contributed by atoms with van der Waals surface area (Å²) in [5.41, 5.74) is 3.27. The molecule has 0 aliphatic carbocycles. The Morgan fingerprint density at radius 1 is 1.06 bits per heavy atom.